The zero-order valence-electron chi connectivity index (χ0n) is 13.1. The molecule has 0 heterocycles. The van der Waals surface area contributed by atoms with Crippen molar-refractivity contribution >= 4 is 11.6 Å². The Kier molecular flexibility index (Phi) is 6.20. The first kappa shape index (κ1) is 17.8. The number of carbonyl (C=O) groups excluding carboxylic acids is 1. The molecule has 0 aliphatic heterocycles. The number of hydrogen-bond donors (Lipinski definition) is 1. The van der Waals surface area contributed by atoms with Crippen molar-refractivity contribution in [2.24, 2.45) is 0 Å². The maximum atomic E-state index is 13.5. The third-order valence-corrected chi connectivity index (χ3v) is 3.19. The summed E-state index contributed by atoms with van der Waals surface area (Å²) in [6.07, 6.45) is 0. The molecule has 0 aliphatic rings. The number of para-hydroxylation sites is 1. The molecule has 0 spiro atoms. The molecule has 0 atom stereocenters. The van der Waals surface area contributed by atoms with Crippen molar-refractivity contribution in [1.29, 1.82) is 0 Å². The highest BCUT2D eigenvalue weighted by Gasteiger charge is 2.11. The average Bonchev–Trinajstić information content (AvgIpc) is 2.52. The van der Waals surface area contributed by atoms with Crippen LogP contribution in [0.25, 0.3) is 0 Å². The lowest BCUT2D eigenvalue weighted by Crippen LogP contribution is -2.33. The summed E-state index contributed by atoms with van der Waals surface area (Å²) in [5, 5.41) is 2.36. The standard InChI is InChI=1S/C17H17F3N2O2/c1-22(8-9-24-16-5-3-2-4-13(16)19)11-17(23)21-15-7-6-12(18)10-14(15)20/h2-7,10H,8-9,11H2,1H3,(H,21,23). The fourth-order valence-electron chi connectivity index (χ4n) is 1.98. The maximum absolute atomic E-state index is 13.5. The van der Waals surface area contributed by atoms with Crippen LogP contribution in [0.2, 0.25) is 0 Å². The molecule has 0 fully saturated rings. The predicted molar refractivity (Wildman–Crippen MR) is 84.4 cm³/mol. The Morgan fingerprint density at radius 1 is 1.12 bits per heavy atom. The Morgan fingerprint density at radius 3 is 2.58 bits per heavy atom. The summed E-state index contributed by atoms with van der Waals surface area (Å²) in [6.45, 7) is 0.542. The van der Waals surface area contributed by atoms with E-state index in [4.69, 9.17) is 4.74 Å². The van der Waals surface area contributed by atoms with E-state index in [1.165, 1.54) is 12.1 Å². The van der Waals surface area contributed by atoms with Gasteiger partial charge in [-0.25, -0.2) is 13.2 Å². The average molecular weight is 338 g/mol. The highest BCUT2D eigenvalue weighted by Crippen LogP contribution is 2.16. The molecule has 24 heavy (non-hydrogen) atoms. The molecular weight excluding hydrogens is 321 g/mol. The van der Waals surface area contributed by atoms with E-state index in [0.717, 1.165) is 12.1 Å². The molecule has 0 unspecified atom stereocenters. The Hall–Kier alpha value is -2.54. The number of nitrogens with one attached hydrogen (secondary N) is 1. The lowest BCUT2D eigenvalue weighted by atomic mass is 10.3. The Bertz CT molecular complexity index is 710. The topological polar surface area (TPSA) is 41.6 Å². The number of halogens is 3. The Morgan fingerprint density at radius 2 is 1.88 bits per heavy atom. The summed E-state index contributed by atoms with van der Waals surface area (Å²) in [5.74, 6) is -2.32. The highest BCUT2D eigenvalue weighted by molar-refractivity contribution is 5.92. The quantitative estimate of drug-likeness (QED) is 0.844. The molecule has 0 aromatic heterocycles. The minimum atomic E-state index is -0.839. The van der Waals surface area contributed by atoms with Crippen molar-refractivity contribution in [3.05, 3.63) is 59.9 Å². The molecule has 0 aliphatic carbocycles. The molecule has 7 heteroatoms. The van der Waals surface area contributed by atoms with Gasteiger partial charge in [-0.2, -0.15) is 0 Å². The molecule has 1 amide bonds. The van der Waals surface area contributed by atoms with Crippen LogP contribution in [0.1, 0.15) is 0 Å². The van der Waals surface area contributed by atoms with E-state index < -0.39 is 23.4 Å². The van der Waals surface area contributed by atoms with Crippen LogP contribution in [0.5, 0.6) is 5.75 Å². The fraction of sp³-hybridized carbons (Fsp3) is 0.235. The molecule has 2 aromatic rings. The Labute approximate surface area is 137 Å². The molecule has 2 rings (SSSR count). The van der Waals surface area contributed by atoms with E-state index in [1.54, 1.807) is 24.1 Å². The van der Waals surface area contributed by atoms with Gasteiger partial charge in [0.1, 0.15) is 18.2 Å². The number of ether oxygens (including phenoxy) is 1. The monoisotopic (exact) mass is 338 g/mol. The van der Waals surface area contributed by atoms with E-state index in [1.807, 2.05) is 0 Å². The fourth-order valence-corrected chi connectivity index (χ4v) is 1.98. The van der Waals surface area contributed by atoms with Crippen molar-refractivity contribution in [1.82, 2.24) is 4.90 Å². The van der Waals surface area contributed by atoms with Crippen LogP contribution in [-0.2, 0) is 4.79 Å². The molecule has 0 saturated carbocycles. The zero-order chi connectivity index (χ0) is 17.5. The second-order valence-electron chi connectivity index (χ2n) is 5.19. The minimum absolute atomic E-state index is 0.0164. The van der Waals surface area contributed by atoms with Crippen molar-refractivity contribution in [2.45, 2.75) is 0 Å². The van der Waals surface area contributed by atoms with Gasteiger partial charge in [0.25, 0.3) is 0 Å². The van der Waals surface area contributed by atoms with Gasteiger partial charge in [-0.3, -0.25) is 9.69 Å². The second-order valence-corrected chi connectivity index (χ2v) is 5.19. The lowest BCUT2D eigenvalue weighted by molar-refractivity contribution is -0.117. The van der Waals surface area contributed by atoms with E-state index >= 15 is 0 Å². The summed E-state index contributed by atoms with van der Waals surface area (Å²) >= 11 is 0. The van der Waals surface area contributed by atoms with Crippen LogP contribution < -0.4 is 10.1 Å². The maximum Gasteiger partial charge on any atom is 0.238 e. The molecular formula is C17H17F3N2O2. The van der Waals surface area contributed by atoms with E-state index in [0.29, 0.717) is 12.6 Å². The van der Waals surface area contributed by atoms with Crippen LogP contribution in [0.3, 0.4) is 0 Å². The largest absolute Gasteiger partial charge is 0.489 e. The van der Waals surface area contributed by atoms with Crippen molar-refractivity contribution in [2.75, 3.05) is 32.1 Å². The molecule has 128 valence electrons. The van der Waals surface area contributed by atoms with Crippen molar-refractivity contribution in [3.8, 4) is 5.75 Å². The normalized spacial score (nSPS) is 10.7. The van der Waals surface area contributed by atoms with Gasteiger partial charge in [0.15, 0.2) is 11.6 Å². The van der Waals surface area contributed by atoms with E-state index in [-0.39, 0.29) is 24.6 Å². The number of benzene rings is 2. The number of rotatable bonds is 7. The minimum Gasteiger partial charge on any atom is -0.489 e. The highest BCUT2D eigenvalue weighted by atomic mass is 19.1. The van der Waals surface area contributed by atoms with E-state index in [2.05, 4.69) is 5.32 Å². The van der Waals surface area contributed by atoms with Gasteiger partial charge in [0, 0.05) is 12.6 Å². The number of anilines is 1. The molecule has 2 aromatic carbocycles. The SMILES string of the molecule is CN(CCOc1ccccc1F)CC(=O)Nc1ccc(F)cc1F. The summed E-state index contributed by atoms with van der Waals surface area (Å²) in [5.41, 5.74) is -0.0857. The first-order chi connectivity index (χ1) is 11.5. The molecule has 0 radical (unpaired) electrons. The van der Waals surface area contributed by atoms with E-state index in [9.17, 15) is 18.0 Å². The van der Waals surface area contributed by atoms with Crippen LogP contribution in [0, 0.1) is 17.5 Å². The number of amides is 1. The number of nitrogens with zero attached hydrogens (tertiary/aromatic N) is 1. The van der Waals surface area contributed by atoms with Gasteiger partial charge in [-0.15, -0.1) is 0 Å². The third-order valence-electron chi connectivity index (χ3n) is 3.19. The summed E-state index contributed by atoms with van der Waals surface area (Å²) in [4.78, 5) is 13.5. The molecule has 1 N–H and O–H groups in total. The number of carbonyl (C=O) groups is 1. The van der Waals surface area contributed by atoms with Crippen LogP contribution in [0.4, 0.5) is 18.9 Å². The molecule has 0 bridgehead atoms. The number of likely N-dealkylation sites (N-methyl/N-ethyl adjacent to an activating group) is 1. The van der Waals surface area contributed by atoms with Gasteiger partial charge in [-0.05, 0) is 31.3 Å². The smallest absolute Gasteiger partial charge is 0.238 e. The van der Waals surface area contributed by atoms with Gasteiger partial charge in [-0.1, -0.05) is 12.1 Å². The summed E-state index contributed by atoms with van der Waals surface area (Å²) in [7, 11) is 1.67. The molecule has 4 nitrogen and oxygen atoms in total. The van der Waals surface area contributed by atoms with Crippen LogP contribution in [-0.4, -0.2) is 37.6 Å². The van der Waals surface area contributed by atoms with Crippen LogP contribution in [0.15, 0.2) is 42.5 Å². The summed E-state index contributed by atoms with van der Waals surface area (Å²) in [6, 6.07) is 8.94. The zero-order valence-corrected chi connectivity index (χ0v) is 13.1. The van der Waals surface area contributed by atoms with Crippen molar-refractivity contribution in [3.63, 3.8) is 0 Å². The molecule has 0 saturated heterocycles. The van der Waals surface area contributed by atoms with Crippen LogP contribution >= 0.6 is 0 Å². The van der Waals surface area contributed by atoms with Gasteiger partial charge in [0.05, 0.1) is 12.2 Å². The Balaban J connectivity index is 1.76. The van der Waals surface area contributed by atoms with Crippen molar-refractivity contribution < 1.29 is 22.7 Å². The predicted octanol–water partition coefficient (Wildman–Crippen LogP) is 3.05. The number of hydrogen-bond acceptors (Lipinski definition) is 3. The van der Waals surface area contributed by atoms with Gasteiger partial charge < -0.3 is 10.1 Å². The lowest BCUT2D eigenvalue weighted by Gasteiger charge is -2.17. The summed E-state index contributed by atoms with van der Waals surface area (Å²) < 4.78 is 44.9. The second kappa shape index (κ2) is 8.35. The first-order valence-corrected chi connectivity index (χ1v) is 7.26. The van der Waals surface area contributed by atoms with Gasteiger partial charge >= 0.3 is 0 Å². The first-order valence-electron chi connectivity index (χ1n) is 7.26. The third kappa shape index (κ3) is 5.27. The van der Waals surface area contributed by atoms with Gasteiger partial charge in [0.2, 0.25) is 5.91 Å².